The second-order valence-electron chi connectivity index (χ2n) is 1.89. The van der Waals surface area contributed by atoms with Crippen molar-refractivity contribution in [2.45, 2.75) is 19.1 Å². The molecule has 0 saturated carbocycles. The number of rotatable bonds is 3. The van der Waals surface area contributed by atoms with Crippen LogP contribution >= 0.6 is 0 Å². The van der Waals surface area contributed by atoms with Crippen molar-refractivity contribution in [1.82, 2.24) is 0 Å². The van der Waals surface area contributed by atoms with Crippen LogP contribution < -0.4 is 51.4 Å². The predicted octanol–water partition coefficient (Wildman–Crippen LogP) is -3.51. The third-order valence-corrected chi connectivity index (χ3v) is 2.11. The average molecular weight is 220 g/mol. The van der Waals surface area contributed by atoms with E-state index in [0.717, 1.165) is 6.92 Å². The third-order valence-electron chi connectivity index (χ3n) is 1.05. The molecule has 0 N–H and O–H groups in total. The largest absolute Gasteiger partial charge is 1.00 e. The summed E-state index contributed by atoms with van der Waals surface area (Å²) in [6, 6.07) is 0. The van der Waals surface area contributed by atoms with Gasteiger partial charge in [0.05, 0.1) is 6.61 Å². The maximum atomic E-state index is 10.6. The van der Waals surface area contributed by atoms with Crippen LogP contribution in [0.4, 0.5) is 0 Å². The zero-order chi connectivity index (χ0) is 9.07. The zero-order valence-corrected chi connectivity index (χ0v) is 11.2. The van der Waals surface area contributed by atoms with Gasteiger partial charge in [-0.25, -0.2) is 8.42 Å². The zero-order valence-electron chi connectivity index (χ0n) is 7.23. The molecular formula is C5H9KO5S. The minimum absolute atomic E-state index is 0. The van der Waals surface area contributed by atoms with Gasteiger partial charge in [0.2, 0.25) is 0 Å². The van der Waals surface area contributed by atoms with Crippen LogP contribution in [0.25, 0.3) is 0 Å². The Balaban J connectivity index is 0. The average Bonchev–Trinajstić information content (AvgIpc) is 1.85. The van der Waals surface area contributed by atoms with Gasteiger partial charge < -0.3 is 9.29 Å². The first-order valence-electron chi connectivity index (χ1n) is 3.01. The number of ether oxygens (including phenoxy) is 1. The summed E-state index contributed by atoms with van der Waals surface area (Å²) in [7, 11) is -4.55. The minimum atomic E-state index is -4.55. The summed E-state index contributed by atoms with van der Waals surface area (Å²) in [5, 5.41) is -1.61. The molecule has 1 atom stereocenters. The Morgan fingerprint density at radius 2 is 2.00 bits per heavy atom. The van der Waals surface area contributed by atoms with Gasteiger partial charge in [-0.3, -0.25) is 4.79 Å². The van der Waals surface area contributed by atoms with Crippen molar-refractivity contribution < 1.29 is 73.9 Å². The normalized spacial score (nSPS) is 12.9. The summed E-state index contributed by atoms with van der Waals surface area (Å²) in [6.07, 6.45) is 0. The SMILES string of the molecule is CCOC(=O)C(C)S(=O)(=O)[O-].[K+]. The molecule has 0 aromatic heterocycles. The van der Waals surface area contributed by atoms with Crippen molar-refractivity contribution >= 4 is 16.1 Å². The third kappa shape index (κ3) is 5.63. The van der Waals surface area contributed by atoms with E-state index in [2.05, 4.69) is 4.74 Å². The maximum absolute atomic E-state index is 10.6. The van der Waals surface area contributed by atoms with E-state index in [4.69, 9.17) is 0 Å². The first kappa shape index (κ1) is 15.5. The minimum Gasteiger partial charge on any atom is -0.747 e. The van der Waals surface area contributed by atoms with E-state index in [-0.39, 0.29) is 58.0 Å². The van der Waals surface area contributed by atoms with Gasteiger partial charge in [0, 0.05) is 0 Å². The number of hydrogen-bond acceptors (Lipinski definition) is 5. The first-order valence-corrected chi connectivity index (χ1v) is 4.48. The van der Waals surface area contributed by atoms with Crippen molar-refractivity contribution in [3.8, 4) is 0 Å². The molecule has 12 heavy (non-hydrogen) atoms. The molecule has 7 heteroatoms. The molecule has 0 aromatic carbocycles. The fraction of sp³-hybridized carbons (Fsp3) is 0.800. The fourth-order valence-electron chi connectivity index (χ4n) is 0.377. The van der Waals surface area contributed by atoms with E-state index in [1.165, 1.54) is 6.92 Å². The molecule has 5 nitrogen and oxygen atoms in total. The number of carbonyl (C=O) groups excluding carboxylic acids is 1. The fourth-order valence-corrected chi connectivity index (χ4v) is 0.681. The van der Waals surface area contributed by atoms with E-state index in [0.29, 0.717) is 0 Å². The molecule has 0 rings (SSSR count). The molecule has 0 aliphatic heterocycles. The Bertz CT molecular complexity index is 234. The Morgan fingerprint density at radius 3 is 2.25 bits per heavy atom. The van der Waals surface area contributed by atoms with Crippen molar-refractivity contribution in [2.24, 2.45) is 0 Å². The van der Waals surface area contributed by atoms with E-state index in [1.807, 2.05) is 0 Å². The summed E-state index contributed by atoms with van der Waals surface area (Å²) >= 11 is 0. The Labute approximate surface area is 114 Å². The van der Waals surface area contributed by atoms with E-state index >= 15 is 0 Å². The molecule has 0 aliphatic carbocycles. The van der Waals surface area contributed by atoms with Gasteiger partial charge in [-0.1, -0.05) is 0 Å². The van der Waals surface area contributed by atoms with Crippen LogP contribution in [0.1, 0.15) is 13.8 Å². The van der Waals surface area contributed by atoms with Crippen LogP contribution in [-0.2, 0) is 19.6 Å². The molecule has 0 bridgehead atoms. The van der Waals surface area contributed by atoms with Gasteiger partial charge in [-0.05, 0) is 13.8 Å². The van der Waals surface area contributed by atoms with Crippen molar-refractivity contribution in [1.29, 1.82) is 0 Å². The summed E-state index contributed by atoms with van der Waals surface area (Å²) in [5.74, 6) is -0.998. The molecule has 0 aliphatic rings. The van der Waals surface area contributed by atoms with Crippen molar-refractivity contribution in [3.05, 3.63) is 0 Å². The monoisotopic (exact) mass is 220 g/mol. The van der Waals surface area contributed by atoms with Gasteiger partial charge in [0.15, 0.2) is 0 Å². The number of esters is 1. The van der Waals surface area contributed by atoms with Gasteiger partial charge in [0.1, 0.15) is 15.4 Å². The van der Waals surface area contributed by atoms with Gasteiger partial charge in [0.25, 0.3) is 0 Å². The van der Waals surface area contributed by atoms with Gasteiger partial charge in [-0.2, -0.15) is 0 Å². The maximum Gasteiger partial charge on any atom is 1.00 e. The number of hydrogen-bond donors (Lipinski definition) is 0. The second-order valence-corrected chi connectivity index (χ2v) is 3.58. The quantitative estimate of drug-likeness (QED) is 0.280. The summed E-state index contributed by atoms with van der Waals surface area (Å²) < 4.78 is 34.9. The summed E-state index contributed by atoms with van der Waals surface area (Å²) in [4.78, 5) is 10.6. The molecule has 0 heterocycles. The Kier molecular flexibility index (Phi) is 8.35. The van der Waals surface area contributed by atoms with Gasteiger partial charge >= 0.3 is 57.4 Å². The second kappa shape index (κ2) is 6.47. The smallest absolute Gasteiger partial charge is 0.747 e. The van der Waals surface area contributed by atoms with Crippen molar-refractivity contribution in [2.75, 3.05) is 6.61 Å². The Morgan fingerprint density at radius 1 is 1.58 bits per heavy atom. The van der Waals surface area contributed by atoms with E-state index in [1.54, 1.807) is 0 Å². The molecule has 0 aromatic rings. The summed E-state index contributed by atoms with van der Waals surface area (Å²) in [5.41, 5.74) is 0. The van der Waals surface area contributed by atoms with E-state index < -0.39 is 21.3 Å². The molecule has 66 valence electrons. The standard InChI is InChI=1S/C5H10O5S.K/c1-3-10-5(6)4(2)11(7,8)9;/h4H,3H2,1-2H3,(H,7,8,9);/q;+1/p-1. The molecule has 1 unspecified atom stereocenters. The predicted molar refractivity (Wildman–Crippen MR) is 35.8 cm³/mol. The summed E-state index contributed by atoms with van der Waals surface area (Å²) in [6.45, 7) is 2.60. The Hall–Kier alpha value is 1.02. The van der Waals surface area contributed by atoms with Crippen LogP contribution in [0.5, 0.6) is 0 Å². The molecule has 0 radical (unpaired) electrons. The van der Waals surface area contributed by atoms with Crippen molar-refractivity contribution in [3.63, 3.8) is 0 Å². The van der Waals surface area contributed by atoms with Crippen LogP contribution in [0, 0.1) is 0 Å². The molecule has 0 saturated heterocycles. The van der Waals surface area contributed by atoms with Gasteiger partial charge in [-0.15, -0.1) is 0 Å². The van der Waals surface area contributed by atoms with E-state index in [9.17, 15) is 17.8 Å². The van der Waals surface area contributed by atoms with Crippen LogP contribution in [0.2, 0.25) is 0 Å². The first-order chi connectivity index (χ1) is 4.89. The number of carbonyl (C=O) groups is 1. The molecule has 0 spiro atoms. The van der Waals surface area contributed by atoms with Crippen LogP contribution in [0.15, 0.2) is 0 Å². The van der Waals surface area contributed by atoms with Crippen LogP contribution in [0.3, 0.4) is 0 Å². The molecular weight excluding hydrogens is 211 g/mol. The topological polar surface area (TPSA) is 83.5 Å². The molecule has 0 amide bonds. The molecule has 0 fully saturated rings. The van der Waals surface area contributed by atoms with Crippen LogP contribution in [-0.4, -0.2) is 30.8 Å².